The molecule has 0 saturated carbocycles. The standard InChI is InChI=1S/2C28H36Cl2N2O4.Mg/c2*29-24-9-5-21(6-10-24)28(22-7-11-25(30)12-8-22)23-13-17-32(18-14-23)16-4-2-1-3-15-31-26(33)19-36-20-27(34)35;/h2*5-12,23,28H,1-4,13-20H2,(H,31,33)(H,34,35);/q;;+2/p-2. The zero-order valence-electron chi connectivity index (χ0n) is 41.9. The molecule has 0 bridgehead atoms. The van der Waals surface area contributed by atoms with Crippen molar-refractivity contribution in [2.75, 3.05) is 78.8 Å². The number of rotatable bonds is 28. The van der Waals surface area contributed by atoms with Crippen LogP contribution in [0.3, 0.4) is 0 Å². The van der Waals surface area contributed by atoms with Crippen LogP contribution in [0.2, 0.25) is 20.1 Å². The van der Waals surface area contributed by atoms with Crippen molar-refractivity contribution in [1.29, 1.82) is 0 Å². The van der Waals surface area contributed by atoms with Crippen LogP contribution in [0.5, 0.6) is 0 Å². The van der Waals surface area contributed by atoms with Gasteiger partial charge in [0.2, 0.25) is 11.8 Å². The maximum absolute atomic E-state index is 11.5. The van der Waals surface area contributed by atoms with Crippen molar-refractivity contribution in [3.63, 3.8) is 0 Å². The molecule has 2 aliphatic rings. The molecule has 6 rings (SSSR count). The Bertz CT molecular complexity index is 1960. The van der Waals surface area contributed by atoms with Gasteiger partial charge >= 0.3 is 23.1 Å². The molecule has 17 heteroatoms. The largest absolute Gasteiger partial charge is 2.00 e. The first kappa shape index (κ1) is 62.1. The van der Waals surface area contributed by atoms with E-state index in [1.165, 1.54) is 22.3 Å². The monoisotopic (exact) mass is 1090 g/mol. The summed E-state index contributed by atoms with van der Waals surface area (Å²) in [6.07, 6.45) is 13.0. The summed E-state index contributed by atoms with van der Waals surface area (Å²) in [6.45, 7) is 6.14. The Kier molecular flexibility index (Phi) is 29.7. The number of carbonyl (C=O) groups excluding carboxylic acids is 4. The molecule has 73 heavy (non-hydrogen) atoms. The molecular weight excluding hydrogens is 1020 g/mol. The number of likely N-dealkylation sites (tertiary alicyclic amines) is 2. The van der Waals surface area contributed by atoms with E-state index in [-0.39, 0.29) is 48.1 Å². The van der Waals surface area contributed by atoms with Crippen molar-refractivity contribution < 1.29 is 38.9 Å². The number of unbranched alkanes of at least 4 members (excludes halogenated alkanes) is 6. The van der Waals surface area contributed by atoms with Crippen LogP contribution in [-0.2, 0) is 28.7 Å². The van der Waals surface area contributed by atoms with E-state index >= 15 is 0 Å². The van der Waals surface area contributed by atoms with E-state index in [0.717, 1.165) is 136 Å². The molecule has 0 aliphatic carbocycles. The molecule has 12 nitrogen and oxygen atoms in total. The number of aliphatic carboxylic acids is 2. The van der Waals surface area contributed by atoms with Gasteiger partial charge < -0.3 is 49.7 Å². The number of hydrogen-bond donors (Lipinski definition) is 2. The quantitative estimate of drug-likeness (QED) is 0.0419. The summed E-state index contributed by atoms with van der Waals surface area (Å²) in [5, 5.41) is 29.0. The van der Waals surface area contributed by atoms with Gasteiger partial charge in [-0.2, -0.15) is 0 Å². The second kappa shape index (κ2) is 35.0. The van der Waals surface area contributed by atoms with Gasteiger partial charge in [0.1, 0.15) is 13.2 Å². The molecule has 4 aromatic rings. The average Bonchev–Trinajstić information content (AvgIpc) is 3.36. The third-order valence-electron chi connectivity index (χ3n) is 13.5. The van der Waals surface area contributed by atoms with Gasteiger partial charge in [-0.05, 0) is 173 Å². The molecule has 0 atom stereocenters. The summed E-state index contributed by atoms with van der Waals surface area (Å²) >= 11 is 24.6. The Morgan fingerprint density at radius 2 is 0.726 bits per heavy atom. The molecule has 0 unspecified atom stereocenters. The van der Waals surface area contributed by atoms with Crippen LogP contribution in [0.1, 0.15) is 111 Å². The van der Waals surface area contributed by atoms with Gasteiger partial charge in [0.05, 0.1) is 25.2 Å². The Hall–Kier alpha value is -3.47. The van der Waals surface area contributed by atoms with E-state index in [9.17, 15) is 29.4 Å². The maximum atomic E-state index is 11.5. The van der Waals surface area contributed by atoms with E-state index in [1.54, 1.807) is 0 Å². The van der Waals surface area contributed by atoms with Gasteiger partial charge in [0, 0.05) is 45.0 Å². The molecule has 2 amide bonds. The third kappa shape index (κ3) is 24.0. The van der Waals surface area contributed by atoms with E-state index in [0.29, 0.717) is 36.8 Å². The van der Waals surface area contributed by atoms with Crippen molar-refractivity contribution in [3.05, 3.63) is 139 Å². The van der Waals surface area contributed by atoms with E-state index < -0.39 is 25.2 Å². The Balaban J connectivity index is 0.000000312. The van der Waals surface area contributed by atoms with Gasteiger partial charge in [-0.25, -0.2) is 0 Å². The number of piperidine rings is 2. The van der Waals surface area contributed by atoms with Crippen LogP contribution in [0.25, 0.3) is 0 Å². The smallest absolute Gasteiger partial charge is 0.548 e. The Morgan fingerprint density at radius 3 is 1.00 bits per heavy atom. The average molecular weight is 1090 g/mol. The first-order chi connectivity index (χ1) is 34.8. The zero-order chi connectivity index (χ0) is 51.5. The molecule has 2 N–H and O–H groups in total. The topological polar surface area (TPSA) is 163 Å². The van der Waals surface area contributed by atoms with Crippen molar-refractivity contribution in [3.8, 4) is 0 Å². The summed E-state index contributed by atoms with van der Waals surface area (Å²) < 4.78 is 9.42. The minimum atomic E-state index is -1.32. The summed E-state index contributed by atoms with van der Waals surface area (Å²) in [5.41, 5.74) is 5.21. The number of carboxylic acid groups (broad SMARTS) is 2. The molecule has 0 radical (unpaired) electrons. The molecule has 0 aromatic heterocycles. The summed E-state index contributed by atoms with van der Waals surface area (Å²) in [7, 11) is 0. The summed E-state index contributed by atoms with van der Waals surface area (Å²) in [5.74, 6) is -1.42. The van der Waals surface area contributed by atoms with Crippen LogP contribution in [0.4, 0.5) is 0 Å². The number of carboxylic acids is 2. The molecule has 2 heterocycles. The van der Waals surface area contributed by atoms with Gasteiger partial charge in [-0.15, -0.1) is 0 Å². The number of halogens is 4. The number of benzene rings is 4. The molecule has 0 spiro atoms. The fourth-order valence-electron chi connectivity index (χ4n) is 9.81. The van der Waals surface area contributed by atoms with Crippen LogP contribution in [-0.4, -0.2) is 135 Å². The molecule has 4 aromatic carbocycles. The SMILES string of the molecule is O=C([O-])COCC(=O)NCCCCCCN1CCC(C(c2ccc(Cl)cc2)c2ccc(Cl)cc2)CC1.O=C([O-])COCC(=O)NCCCCCCN1CCC(C(c2ccc(Cl)cc2)c2ccc(Cl)cc2)CC1.[Mg+2]. The summed E-state index contributed by atoms with van der Waals surface area (Å²) in [6, 6.07) is 33.0. The Labute approximate surface area is 468 Å². The number of amides is 2. The van der Waals surface area contributed by atoms with Gasteiger partial charge in [-0.1, -0.05) is 121 Å². The second-order valence-electron chi connectivity index (χ2n) is 18.8. The molecular formula is C56H70Cl4MgN4O8. The van der Waals surface area contributed by atoms with Crippen LogP contribution in [0.15, 0.2) is 97.1 Å². The Morgan fingerprint density at radius 1 is 0.452 bits per heavy atom. The van der Waals surface area contributed by atoms with Crippen molar-refractivity contribution in [2.24, 2.45) is 11.8 Å². The number of ether oxygens (including phenoxy) is 2. The second-order valence-corrected chi connectivity index (χ2v) is 20.5. The first-order valence-corrected chi connectivity index (χ1v) is 26.9. The fraction of sp³-hybridized carbons (Fsp3) is 0.500. The number of nitrogens with one attached hydrogen (secondary N) is 2. The minimum absolute atomic E-state index is 0. The predicted molar refractivity (Wildman–Crippen MR) is 288 cm³/mol. The van der Waals surface area contributed by atoms with Gasteiger partial charge in [0.25, 0.3) is 0 Å². The normalized spacial score (nSPS) is 14.5. The predicted octanol–water partition coefficient (Wildman–Crippen LogP) is 8.18. The summed E-state index contributed by atoms with van der Waals surface area (Å²) in [4.78, 5) is 48.7. The third-order valence-corrected chi connectivity index (χ3v) is 14.5. The molecule has 392 valence electrons. The minimum Gasteiger partial charge on any atom is -0.548 e. The van der Waals surface area contributed by atoms with Crippen molar-refractivity contribution in [1.82, 2.24) is 20.4 Å². The zero-order valence-corrected chi connectivity index (χ0v) is 46.3. The number of hydrogen-bond acceptors (Lipinski definition) is 10. The number of carbonyl (C=O) groups is 4. The van der Waals surface area contributed by atoms with E-state index in [1.807, 2.05) is 48.5 Å². The van der Waals surface area contributed by atoms with Crippen molar-refractivity contribution in [2.45, 2.75) is 88.9 Å². The molecule has 2 fully saturated rings. The van der Waals surface area contributed by atoms with Crippen LogP contribution < -0.4 is 20.8 Å². The molecule has 2 saturated heterocycles. The fourth-order valence-corrected chi connectivity index (χ4v) is 10.3. The van der Waals surface area contributed by atoms with Crippen LogP contribution >= 0.6 is 46.4 Å². The molecule has 2 aliphatic heterocycles. The first-order valence-electron chi connectivity index (χ1n) is 25.4. The van der Waals surface area contributed by atoms with Gasteiger partial charge in [0.15, 0.2) is 0 Å². The van der Waals surface area contributed by atoms with E-state index in [4.69, 9.17) is 55.9 Å². The van der Waals surface area contributed by atoms with Crippen LogP contribution in [0, 0.1) is 11.8 Å². The van der Waals surface area contributed by atoms with Gasteiger partial charge in [-0.3, -0.25) is 9.59 Å². The van der Waals surface area contributed by atoms with E-state index in [2.05, 4.69) is 69.0 Å². The maximum Gasteiger partial charge on any atom is 2.00 e. The van der Waals surface area contributed by atoms with Crippen molar-refractivity contribution >= 4 is 93.2 Å². The number of nitrogens with zero attached hydrogens (tertiary/aromatic N) is 2.